The number of hydrogen-bond donors (Lipinski definition) is 1. The average molecular weight is 197 g/mol. The van der Waals surface area contributed by atoms with Gasteiger partial charge in [-0.1, -0.05) is 40.5 Å². The van der Waals surface area contributed by atoms with Crippen molar-refractivity contribution in [2.24, 2.45) is 11.3 Å². The molecule has 1 heteroatoms. The summed E-state index contributed by atoms with van der Waals surface area (Å²) in [6.45, 7) is 10.5. The molecule has 84 valence electrons. The molecule has 0 aliphatic heterocycles. The van der Waals surface area contributed by atoms with Gasteiger partial charge in [-0.3, -0.25) is 0 Å². The first-order chi connectivity index (χ1) is 6.58. The van der Waals surface area contributed by atoms with Crippen LogP contribution < -0.4 is 5.32 Å². The van der Waals surface area contributed by atoms with Crippen molar-refractivity contribution in [1.29, 1.82) is 0 Å². The average Bonchev–Trinajstić information content (AvgIpc) is 2.67. The van der Waals surface area contributed by atoms with Gasteiger partial charge in [0, 0.05) is 12.6 Å². The highest BCUT2D eigenvalue weighted by atomic mass is 14.9. The summed E-state index contributed by atoms with van der Waals surface area (Å²) < 4.78 is 0. The molecule has 1 atom stereocenters. The molecule has 1 nitrogen and oxygen atoms in total. The van der Waals surface area contributed by atoms with Gasteiger partial charge in [-0.15, -0.1) is 0 Å². The predicted octanol–water partition coefficient (Wildman–Crippen LogP) is 3.59. The van der Waals surface area contributed by atoms with Crippen molar-refractivity contribution in [2.75, 3.05) is 6.54 Å². The Labute approximate surface area is 89.7 Å². The smallest absolute Gasteiger partial charge is 0.00106 e. The molecule has 0 aromatic rings. The summed E-state index contributed by atoms with van der Waals surface area (Å²) in [5, 5.41) is 3.61. The summed E-state index contributed by atoms with van der Waals surface area (Å²) in [5.41, 5.74) is 0.542. The molecule has 1 aliphatic carbocycles. The molecule has 0 radical (unpaired) electrons. The van der Waals surface area contributed by atoms with Crippen LogP contribution in [0.2, 0.25) is 0 Å². The molecular formula is C13H27N. The van der Waals surface area contributed by atoms with Crippen LogP contribution in [0, 0.1) is 11.3 Å². The minimum atomic E-state index is 0.542. The summed E-state index contributed by atoms with van der Waals surface area (Å²) in [6, 6.07) is 0.627. The van der Waals surface area contributed by atoms with E-state index in [1.165, 1.54) is 38.6 Å². The van der Waals surface area contributed by atoms with E-state index in [9.17, 15) is 0 Å². The zero-order chi connectivity index (χ0) is 10.6. The SMILES string of the molecule is CCC(C)(CNC(C)C)C1CCCC1. The van der Waals surface area contributed by atoms with Gasteiger partial charge in [0.1, 0.15) is 0 Å². The van der Waals surface area contributed by atoms with Gasteiger partial charge in [-0.2, -0.15) is 0 Å². The lowest BCUT2D eigenvalue weighted by Gasteiger charge is -2.36. The van der Waals surface area contributed by atoms with Gasteiger partial charge >= 0.3 is 0 Å². The van der Waals surface area contributed by atoms with E-state index in [4.69, 9.17) is 0 Å². The molecule has 1 N–H and O–H groups in total. The molecule has 1 aliphatic rings. The highest BCUT2D eigenvalue weighted by Crippen LogP contribution is 2.41. The Morgan fingerprint density at radius 3 is 2.29 bits per heavy atom. The molecule has 0 bridgehead atoms. The van der Waals surface area contributed by atoms with Crippen LogP contribution in [0.3, 0.4) is 0 Å². The number of rotatable bonds is 5. The minimum absolute atomic E-state index is 0.542. The highest BCUT2D eigenvalue weighted by molar-refractivity contribution is 4.86. The van der Waals surface area contributed by atoms with Crippen molar-refractivity contribution in [3.63, 3.8) is 0 Å². The van der Waals surface area contributed by atoms with E-state index in [1.54, 1.807) is 0 Å². The molecule has 0 heterocycles. The van der Waals surface area contributed by atoms with Gasteiger partial charge in [0.25, 0.3) is 0 Å². The highest BCUT2D eigenvalue weighted by Gasteiger charge is 2.34. The van der Waals surface area contributed by atoms with Crippen molar-refractivity contribution in [1.82, 2.24) is 5.32 Å². The third-order valence-electron chi connectivity index (χ3n) is 4.06. The lowest BCUT2D eigenvalue weighted by atomic mass is 9.74. The maximum Gasteiger partial charge on any atom is 0.00106 e. The first-order valence-electron chi connectivity index (χ1n) is 6.32. The largest absolute Gasteiger partial charge is 0.314 e. The normalized spacial score (nSPS) is 22.9. The zero-order valence-electron chi connectivity index (χ0n) is 10.4. The molecule has 0 spiro atoms. The van der Waals surface area contributed by atoms with Gasteiger partial charge in [0.15, 0.2) is 0 Å². The first kappa shape index (κ1) is 12.0. The fraction of sp³-hybridized carbons (Fsp3) is 1.00. The molecular weight excluding hydrogens is 170 g/mol. The van der Waals surface area contributed by atoms with Crippen LogP contribution in [0.15, 0.2) is 0 Å². The van der Waals surface area contributed by atoms with Crippen LogP contribution in [0.1, 0.15) is 59.8 Å². The molecule has 0 aromatic carbocycles. The standard InChI is InChI=1S/C13H27N/c1-5-13(4,10-14-11(2)3)12-8-6-7-9-12/h11-12,14H,5-10H2,1-4H3. The van der Waals surface area contributed by atoms with E-state index in [0.717, 1.165) is 5.92 Å². The Morgan fingerprint density at radius 1 is 1.29 bits per heavy atom. The Bertz CT molecular complexity index is 159. The second-order valence-corrected chi connectivity index (χ2v) is 5.52. The molecule has 1 saturated carbocycles. The van der Waals surface area contributed by atoms with Crippen molar-refractivity contribution in [3.8, 4) is 0 Å². The lowest BCUT2D eigenvalue weighted by molar-refractivity contribution is 0.170. The monoisotopic (exact) mass is 197 g/mol. The number of hydrogen-bond acceptors (Lipinski definition) is 1. The van der Waals surface area contributed by atoms with Crippen LogP contribution >= 0.6 is 0 Å². The topological polar surface area (TPSA) is 12.0 Å². The summed E-state index contributed by atoms with van der Waals surface area (Å²) in [6.07, 6.45) is 7.16. The third kappa shape index (κ3) is 2.98. The molecule has 1 unspecified atom stereocenters. The van der Waals surface area contributed by atoms with Crippen LogP contribution in [0.4, 0.5) is 0 Å². The Balaban J connectivity index is 2.46. The molecule has 0 aromatic heterocycles. The van der Waals surface area contributed by atoms with Crippen molar-refractivity contribution in [3.05, 3.63) is 0 Å². The molecule has 14 heavy (non-hydrogen) atoms. The van der Waals surface area contributed by atoms with E-state index >= 15 is 0 Å². The van der Waals surface area contributed by atoms with E-state index in [-0.39, 0.29) is 0 Å². The summed E-state index contributed by atoms with van der Waals surface area (Å²) >= 11 is 0. The fourth-order valence-electron chi connectivity index (χ4n) is 2.62. The Kier molecular flexibility index (Phi) is 4.43. The van der Waals surface area contributed by atoms with E-state index < -0.39 is 0 Å². The van der Waals surface area contributed by atoms with Gasteiger partial charge in [-0.05, 0) is 30.6 Å². The van der Waals surface area contributed by atoms with Gasteiger partial charge < -0.3 is 5.32 Å². The van der Waals surface area contributed by atoms with Crippen LogP contribution in [0.25, 0.3) is 0 Å². The maximum absolute atomic E-state index is 3.61. The van der Waals surface area contributed by atoms with Gasteiger partial charge in [-0.25, -0.2) is 0 Å². The minimum Gasteiger partial charge on any atom is -0.314 e. The first-order valence-corrected chi connectivity index (χ1v) is 6.32. The zero-order valence-corrected chi connectivity index (χ0v) is 10.4. The lowest BCUT2D eigenvalue weighted by Crippen LogP contribution is -2.39. The predicted molar refractivity (Wildman–Crippen MR) is 63.5 cm³/mol. The third-order valence-corrected chi connectivity index (χ3v) is 4.06. The molecule has 0 amide bonds. The maximum atomic E-state index is 3.61. The van der Waals surface area contributed by atoms with Crippen molar-refractivity contribution >= 4 is 0 Å². The van der Waals surface area contributed by atoms with Crippen LogP contribution in [-0.2, 0) is 0 Å². The fourth-order valence-corrected chi connectivity index (χ4v) is 2.62. The van der Waals surface area contributed by atoms with E-state index in [1.807, 2.05) is 0 Å². The van der Waals surface area contributed by atoms with Gasteiger partial charge in [0.2, 0.25) is 0 Å². The van der Waals surface area contributed by atoms with Crippen molar-refractivity contribution < 1.29 is 0 Å². The molecule has 1 rings (SSSR count). The Morgan fingerprint density at radius 2 is 1.86 bits per heavy atom. The van der Waals surface area contributed by atoms with Crippen LogP contribution in [-0.4, -0.2) is 12.6 Å². The second kappa shape index (κ2) is 5.16. The van der Waals surface area contributed by atoms with E-state index in [2.05, 4.69) is 33.0 Å². The second-order valence-electron chi connectivity index (χ2n) is 5.52. The molecule has 0 saturated heterocycles. The summed E-state index contributed by atoms with van der Waals surface area (Å²) in [4.78, 5) is 0. The number of nitrogens with one attached hydrogen (secondary N) is 1. The van der Waals surface area contributed by atoms with Crippen LogP contribution in [0.5, 0.6) is 0 Å². The Hall–Kier alpha value is -0.0400. The quantitative estimate of drug-likeness (QED) is 0.710. The molecule has 1 fully saturated rings. The summed E-state index contributed by atoms with van der Waals surface area (Å²) in [7, 11) is 0. The van der Waals surface area contributed by atoms with E-state index in [0.29, 0.717) is 11.5 Å². The van der Waals surface area contributed by atoms with Gasteiger partial charge in [0.05, 0.1) is 0 Å². The summed E-state index contributed by atoms with van der Waals surface area (Å²) in [5.74, 6) is 0.971. The van der Waals surface area contributed by atoms with Crippen molar-refractivity contribution in [2.45, 2.75) is 65.8 Å².